The molecule has 1 aromatic rings. The lowest BCUT2D eigenvalue weighted by molar-refractivity contribution is -0.143. The van der Waals surface area contributed by atoms with Crippen LogP contribution in [0.5, 0.6) is 5.75 Å². The summed E-state index contributed by atoms with van der Waals surface area (Å²) in [5.74, 6) is -0.174. The third kappa shape index (κ3) is 2.23. The predicted molar refractivity (Wildman–Crippen MR) is 51.9 cm³/mol. The number of carbonyl (C=O) groups is 1. The maximum Gasteiger partial charge on any atom is 0.327 e. The van der Waals surface area contributed by atoms with Crippen LogP contribution >= 0.6 is 0 Å². The highest BCUT2D eigenvalue weighted by Crippen LogP contribution is 2.17. The molecule has 4 heteroatoms. The fourth-order valence-electron chi connectivity index (χ4n) is 1.21. The van der Waals surface area contributed by atoms with E-state index in [0.717, 1.165) is 5.56 Å². The molecule has 0 spiro atoms. The van der Waals surface area contributed by atoms with Crippen molar-refractivity contribution in [2.75, 3.05) is 14.2 Å². The molecule has 76 valence electrons. The maximum atomic E-state index is 11.3. The van der Waals surface area contributed by atoms with Crippen LogP contribution in [-0.2, 0) is 9.53 Å². The first-order chi connectivity index (χ1) is 6.69. The van der Waals surface area contributed by atoms with Gasteiger partial charge >= 0.3 is 5.97 Å². The third-order valence-electron chi connectivity index (χ3n) is 1.95. The molecular weight excluding hydrogens is 182 g/mol. The van der Waals surface area contributed by atoms with Crippen LogP contribution in [0.25, 0.3) is 0 Å². The summed E-state index contributed by atoms with van der Waals surface area (Å²) in [6, 6.07) is 5.92. The largest absolute Gasteiger partial charge is 0.508 e. The van der Waals surface area contributed by atoms with Crippen molar-refractivity contribution in [1.82, 2.24) is 5.32 Å². The molecule has 0 aliphatic carbocycles. The topological polar surface area (TPSA) is 58.6 Å². The van der Waals surface area contributed by atoms with E-state index in [2.05, 4.69) is 10.1 Å². The van der Waals surface area contributed by atoms with Gasteiger partial charge in [-0.2, -0.15) is 0 Å². The molecule has 1 aromatic carbocycles. The van der Waals surface area contributed by atoms with Gasteiger partial charge in [0.05, 0.1) is 7.11 Å². The lowest BCUT2D eigenvalue weighted by Gasteiger charge is -2.13. The molecule has 14 heavy (non-hydrogen) atoms. The first-order valence-corrected chi connectivity index (χ1v) is 4.23. The van der Waals surface area contributed by atoms with Gasteiger partial charge in [-0.15, -0.1) is 0 Å². The summed E-state index contributed by atoms with van der Waals surface area (Å²) >= 11 is 0. The second kappa shape index (κ2) is 4.62. The van der Waals surface area contributed by atoms with Crippen LogP contribution in [0.3, 0.4) is 0 Å². The number of methoxy groups -OCH3 is 1. The number of nitrogens with one attached hydrogen (secondary N) is 1. The first-order valence-electron chi connectivity index (χ1n) is 4.23. The summed E-state index contributed by atoms with van der Waals surface area (Å²) in [6.45, 7) is 0. The van der Waals surface area contributed by atoms with Crippen LogP contribution in [0.4, 0.5) is 0 Å². The van der Waals surface area contributed by atoms with E-state index in [0.29, 0.717) is 0 Å². The number of aromatic hydroxyl groups is 1. The van der Waals surface area contributed by atoms with Crippen molar-refractivity contribution in [2.24, 2.45) is 0 Å². The third-order valence-corrected chi connectivity index (χ3v) is 1.95. The summed E-state index contributed by atoms with van der Waals surface area (Å²) in [5.41, 5.74) is 0.761. The smallest absolute Gasteiger partial charge is 0.327 e. The Kier molecular flexibility index (Phi) is 3.48. The molecule has 4 nitrogen and oxygen atoms in total. The Morgan fingerprint density at radius 3 is 2.43 bits per heavy atom. The van der Waals surface area contributed by atoms with Gasteiger partial charge in [0.2, 0.25) is 0 Å². The maximum absolute atomic E-state index is 11.3. The van der Waals surface area contributed by atoms with Crippen LogP contribution in [0.1, 0.15) is 11.6 Å². The summed E-state index contributed by atoms with van der Waals surface area (Å²) < 4.78 is 4.62. The summed E-state index contributed by atoms with van der Waals surface area (Å²) in [4.78, 5) is 11.3. The lowest BCUT2D eigenvalue weighted by Crippen LogP contribution is -2.26. The molecule has 0 heterocycles. The van der Waals surface area contributed by atoms with Gasteiger partial charge in [-0.25, -0.2) is 4.79 Å². The van der Waals surface area contributed by atoms with Crippen molar-refractivity contribution in [3.63, 3.8) is 0 Å². The number of esters is 1. The van der Waals surface area contributed by atoms with Crippen LogP contribution in [0.15, 0.2) is 24.3 Å². The molecule has 0 aliphatic heterocycles. The van der Waals surface area contributed by atoms with Gasteiger partial charge in [-0.05, 0) is 24.7 Å². The molecule has 1 rings (SSSR count). The van der Waals surface area contributed by atoms with Gasteiger partial charge < -0.3 is 15.2 Å². The average Bonchev–Trinajstić information content (AvgIpc) is 2.21. The Hall–Kier alpha value is -1.55. The lowest BCUT2D eigenvalue weighted by atomic mass is 10.1. The molecule has 0 fully saturated rings. The Morgan fingerprint density at radius 1 is 1.43 bits per heavy atom. The highest BCUT2D eigenvalue weighted by molar-refractivity contribution is 5.77. The number of likely N-dealkylation sites (N-methyl/N-ethyl adjacent to an activating group) is 1. The monoisotopic (exact) mass is 195 g/mol. The second-order valence-corrected chi connectivity index (χ2v) is 2.84. The van der Waals surface area contributed by atoms with Crippen molar-refractivity contribution in [3.8, 4) is 5.75 Å². The minimum atomic E-state index is -0.486. The van der Waals surface area contributed by atoms with Crippen molar-refractivity contribution >= 4 is 5.97 Å². The van der Waals surface area contributed by atoms with Gasteiger partial charge in [-0.3, -0.25) is 0 Å². The zero-order valence-electron chi connectivity index (χ0n) is 8.15. The number of hydrogen-bond acceptors (Lipinski definition) is 4. The minimum Gasteiger partial charge on any atom is -0.508 e. The van der Waals surface area contributed by atoms with Gasteiger partial charge in [0.15, 0.2) is 0 Å². The highest BCUT2D eigenvalue weighted by Gasteiger charge is 2.18. The van der Waals surface area contributed by atoms with Crippen molar-refractivity contribution in [3.05, 3.63) is 29.8 Å². The fraction of sp³-hybridized carbons (Fsp3) is 0.300. The van der Waals surface area contributed by atoms with E-state index in [9.17, 15) is 4.79 Å². The predicted octanol–water partition coefficient (Wildman–Crippen LogP) is 0.826. The number of benzene rings is 1. The molecule has 2 N–H and O–H groups in total. The Morgan fingerprint density at radius 2 is 2.00 bits per heavy atom. The SMILES string of the molecule is CN[C@H](C(=O)OC)c1ccc(O)cc1. The van der Waals surface area contributed by atoms with E-state index in [1.165, 1.54) is 19.2 Å². The molecule has 0 aliphatic rings. The number of carbonyl (C=O) groups excluding carboxylic acids is 1. The number of hydrogen-bond donors (Lipinski definition) is 2. The van der Waals surface area contributed by atoms with Crippen molar-refractivity contribution in [1.29, 1.82) is 0 Å². The Labute approximate surface area is 82.5 Å². The van der Waals surface area contributed by atoms with E-state index in [1.54, 1.807) is 19.2 Å². The molecule has 0 saturated carbocycles. The fourth-order valence-corrected chi connectivity index (χ4v) is 1.21. The van der Waals surface area contributed by atoms with Crippen LogP contribution in [-0.4, -0.2) is 25.2 Å². The molecule has 0 bridgehead atoms. The number of phenols is 1. The summed E-state index contributed by atoms with van der Waals surface area (Å²) in [7, 11) is 3.02. The van der Waals surface area contributed by atoms with Gasteiger partial charge in [-0.1, -0.05) is 12.1 Å². The number of ether oxygens (including phenoxy) is 1. The first kappa shape index (κ1) is 10.5. The highest BCUT2D eigenvalue weighted by atomic mass is 16.5. The summed E-state index contributed by atoms with van der Waals surface area (Å²) in [6.07, 6.45) is 0. The van der Waals surface area contributed by atoms with E-state index in [-0.39, 0.29) is 11.7 Å². The van der Waals surface area contributed by atoms with E-state index in [1.807, 2.05) is 0 Å². The zero-order valence-corrected chi connectivity index (χ0v) is 8.15. The summed E-state index contributed by atoms with van der Waals surface area (Å²) in [5, 5.41) is 11.9. The Bertz CT molecular complexity index is 308. The molecule has 0 aromatic heterocycles. The average molecular weight is 195 g/mol. The van der Waals surface area contributed by atoms with Gasteiger partial charge in [0.25, 0.3) is 0 Å². The van der Waals surface area contributed by atoms with Crippen LogP contribution < -0.4 is 5.32 Å². The van der Waals surface area contributed by atoms with Gasteiger partial charge in [0, 0.05) is 0 Å². The standard InChI is InChI=1S/C10H13NO3/c1-11-9(10(13)14-2)7-3-5-8(12)6-4-7/h3-6,9,11-12H,1-2H3/t9-/m0/s1. The van der Waals surface area contributed by atoms with Crippen molar-refractivity contribution in [2.45, 2.75) is 6.04 Å². The number of phenolic OH excluding ortho intramolecular Hbond substituents is 1. The zero-order chi connectivity index (χ0) is 10.6. The van der Waals surface area contributed by atoms with E-state index < -0.39 is 6.04 Å². The van der Waals surface area contributed by atoms with E-state index >= 15 is 0 Å². The minimum absolute atomic E-state index is 0.175. The molecule has 1 atom stereocenters. The second-order valence-electron chi connectivity index (χ2n) is 2.84. The van der Waals surface area contributed by atoms with Crippen LogP contribution in [0, 0.1) is 0 Å². The molecule has 0 amide bonds. The number of rotatable bonds is 3. The van der Waals surface area contributed by atoms with Crippen molar-refractivity contribution < 1.29 is 14.6 Å². The Balaban J connectivity index is 2.89. The molecule has 0 saturated heterocycles. The van der Waals surface area contributed by atoms with Gasteiger partial charge in [0.1, 0.15) is 11.8 Å². The molecular formula is C10H13NO3. The quantitative estimate of drug-likeness (QED) is 0.701. The molecule has 0 radical (unpaired) electrons. The normalized spacial score (nSPS) is 12.1. The van der Waals surface area contributed by atoms with E-state index in [4.69, 9.17) is 5.11 Å². The molecule has 0 unspecified atom stereocenters. The van der Waals surface area contributed by atoms with Crippen LogP contribution in [0.2, 0.25) is 0 Å².